The largest absolute Gasteiger partial charge is 0.399 e. The Balaban J connectivity index is 3.00. The van der Waals surface area contributed by atoms with E-state index in [0.29, 0.717) is 0 Å². The van der Waals surface area contributed by atoms with Gasteiger partial charge in [0, 0.05) is 5.56 Å². The minimum atomic E-state index is -0.949. The van der Waals surface area contributed by atoms with Gasteiger partial charge in [-0.2, -0.15) is 0 Å². The van der Waals surface area contributed by atoms with E-state index in [1.54, 1.807) is 0 Å². The lowest BCUT2D eigenvalue weighted by atomic mass is 10.2. The molecule has 0 fully saturated rings. The van der Waals surface area contributed by atoms with Gasteiger partial charge in [-0.05, 0) is 18.2 Å². The van der Waals surface area contributed by atoms with Gasteiger partial charge in [0.15, 0.2) is 11.6 Å². The average Bonchev–Trinajstić information content (AvgIpc) is 2.08. The number of oxime groups is 1. The van der Waals surface area contributed by atoms with Gasteiger partial charge in [-0.1, -0.05) is 5.16 Å². The monoisotopic (exact) mass is 170 g/mol. The fraction of sp³-hybridized carbons (Fsp3) is 0.125. The molecule has 0 spiro atoms. The molecule has 0 saturated heterocycles. The molecule has 0 saturated carbocycles. The van der Waals surface area contributed by atoms with Gasteiger partial charge < -0.3 is 4.84 Å². The molecule has 0 N–H and O–H groups in total. The quantitative estimate of drug-likeness (QED) is 0.489. The molecule has 0 amide bonds. The molecule has 0 aliphatic carbocycles. The molecule has 2 nitrogen and oxygen atoms in total. The highest BCUT2D eigenvalue weighted by molar-refractivity contribution is 5.79. The second kappa shape index (κ2) is 3.80. The highest BCUT2D eigenvalue weighted by atomic mass is 19.2. The fourth-order valence-electron chi connectivity index (χ4n) is 0.673. The standard InChI is InChI=1S/C8H6F2NO/c1-12-11-5-6-3-2-4-7(9)8(6)10/h3-5H,1H3/b11-5+. The first-order chi connectivity index (χ1) is 5.75. The van der Waals surface area contributed by atoms with Crippen molar-refractivity contribution in [1.82, 2.24) is 0 Å². The lowest BCUT2D eigenvalue weighted by molar-refractivity contribution is 0.215. The zero-order valence-corrected chi connectivity index (χ0v) is 6.34. The van der Waals surface area contributed by atoms with Crippen LogP contribution in [0.15, 0.2) is 17.3 Å². The molecule has 0 aliphatic rings. The molecule has 1 aromatic rings. The van der Waals surface area contributed by atoms with E-state index in [-0.39, 0.29) is 5.56 Å². The third-order valence-electron chi connectivity index (χ3n) is 1.21. The Morgan fingerprint density at radius 3 is 2.92 bits per heavy atom. The van der Waals surface area contributed by atoms with Crippen molar-refractivity contribution in [3.05, 3.63) is 35.4 Å². The van der Waals surface area contributed by atoms with Crippen LogP contribution in [0.5, 0.6) is 0 Å². The van der Waals surface area contributed by atoms with Crippen LogP contribution in [-0.4, -0.2) is 13.3 Å². The van der Waals surface area contributed by atoms with Crippen LogP contribution in [0.2, 0.25) is 0 Å². The summed E-state index contributed by atoms with van der Waals surface area (Å²) in [6, 6.07) is 4.61. The predicted molar refractivity (Wildman–Crippen MR) is 39.8 cm³/mol. The number of hydrogen-bond acceptors (Lipinski definition) is 2. The van der Waals surface area contributed by atoms with Gasteiger partial charge in [-0.25, -0.2) is 8.78 Å². The number of nitrogens with zero attached hydrogens (tertiary/aromatic N) is 1. The Kier molecular flexibility index (Phi) is 2.74. The van der Waals surface area contributed by atoms with E-state index >= 15 is 0 Å². The molecule has 0 aromatic heterocycles. The lowest BCUT2D eigenvalue weighted by Crippen LogP contribution is -1.92. The van der Waals surface area contributed by atoms with Crippen molar-refractivity contribution in [1.29, 1.82) is 0 Å². The minimum absolute atomic E-state index is 0.0110. The summed E-state index contributed by atoms with van der Waals surface area (Å²) < 4.78 is 25.3. The van der Waals surface area contributed by atoms with E-state index in [1.807, 2.05) is 0 Å². The third-order valence-corrected chi connectivity index (χ3v) is 1.21. The fourth-order valence-corrected chi connectivity index (χ4v) is 0.673. The molecule has 12 heavy (non-hydrogen) atoms. The van der Waals surface area contributed by atoms with Gasteiger partial charge in [0.25, 0.3) is 0 Å². The van der Waals surface area contributed by atoms with E-state index in [4.69, 9.17) is 0 Å². The molecular formula is C8H6F2NO. The molecule has 1 aromatic carbocycles. The second-order valence-corrected chi connectivity index (χ2v) is 1.99. The summed E-state index contributed by atoms with van der Waals surface area (Å²) in [4.78, 5) is 4.31. The maximum atomic E-state index is 12.8. The van der Waals surface area contributed by atoms with Gasteiger partial charge in [-0.3, -0.25) is 0 Å². The van der Waals surface area contributed by atoms with Crippen LogP contribution in [0.4, 0.5) is 8.78 Å². The highest BCUT2D eigenvalue weighted by Gasteiger charge is 2.04. The van der Waals surface area contributed by atoms with E-state index in [2.05, 4.69) is 16.1 Å². The van der Waals surface area contributed by atoms with Crippen molar-refractivity contribution in [2.24, 2.45) is 5.16 Å². The number of hydrogen-bond donors (Lipinski definition) is 0. The van der Waals surface area contributed by atoms with Crippen molar-refractivity contribution in [2.45, 2.75) is 0 Å². The summed E-state index contributed by atoms with van der Waals surface area (Å²) in [6.07, 6.45) is 1.08. The van der Waals surface area contributed by atoms with Crippen LogP contribution < -0.4 is 0 Å². The first-order valence-corrected chi connectivity index (χ1v) is 3.17. The first kappa shape index (κ1) is 8.64. The highest BCUT2D eigenvalue weighted by Crippen LogP contribution is 2.08. The maximum absolute atomic E-state index is 12.8. The van der Waals surface area contributed by atoms with Crippen molar-refractivity contribution in [3.63, 3.8) is 0 Å². The molecular weight excluding hydrogens is 164 g/mol. The maximum Gasteiger partial charge on any atom is 0.167 e. The van der Waals surface area contributed by atoms with Crippen LogP contribution in [0.3, 0.4) is 0 Å². The predicted octanol–water partition coefficient (Wildman–Crippen LogP) is 1.75. The van der Waals surface area contributed by atoms with Crippen molar-refractivity contribution in [3.8, 4) is 0 Å². The van der Waals surface area contributed by atoms with Crippen molar-refractivity contribution >= 4 is 6.21 Å². The minimum Gasteiger partial charge on any atom is -0.399 e. The molecule has 1 radical (unpaired) electrons. The SMILES string of the molecule is CO/N=C/c1c[c]cc(F)c1F. The molecule has 0 heterocycles. The molecule has 4 heteroatoms. The molecule has 63 valence electrons. The normalized spacial score (nSPS) is 10.6. The van der Waals surface area contributed by atoms with Crippen LogP contribution in [-0.2, 0) is 4.84 Å². The van der Waals surface area contributed by atoms with Crippen LogP contribution >= 0.6 is 0 Å². The Morgan fingerprint density at radius 2 is 2.25 bits per heavy atom. The molecule has 1 rings (SSSR count). The summed E-state index contributed by atoms with van der Waals surface area (Å²) in [5.41, 5.74) is 0.0110. The number of halogens is 2. The number of rotatable bonds is 2. The molecule has 0 aliphatic heterocycles. The van der Waals surface area contributed by atoms with E-state index < -0.39 is 11.6 Å². The van der Waals surface area contributed by atoms with Crippen LogP contribution in [0.25, 0.3) is 0 Å². The zero-order chi connectivity index (χ0) is 8.97. The summed E-state index contributed by atoms with van der Waals surface area (Å²) in [5.74, 6) is -1.90. The zero-order valence-electron chi connectivity index (χ0n) is 6.34. The van der Waals surface area contributed by atoms with Crippen molar-refractivity contribution in [2.75, 3.05) is 7.11 Å². The average molecular weight is 170 g/mol. The Hall–Kier alpha value is -1.45. The summed E-state index contributed by atoms with van der Waals surface area (Å²) in [5, 5.41) is 3.29. The third kappa shape index (κ3) is 1.78. The molecule has 0 atom stereocenters. The Bertz CT molecular complexity index is 299. The summed E-state index contributed by atoms with van der Waals surface area (Å²) >= 11 is 0. The summed E-state index contributed by atoms with van der Waals surface area (Å²) in [7, 11) is 1.32. The Labute approximate surface area is 68.5 Å². The van der Waals surface area contributed by atoms with E-state index in [9.17, 15) is 8.78 Å². The van der Waals surface area contributed by atoms with Crippen LogP contribution in [0, 0.1) is 17.7 Å². The van der Waals surface area contributed by atoms with Gasteiger partial charge in [0.2, 0.25) is 0 Å². The smallest absolute Gasteiger partial charge is 0.167 e. The van der Waals surface area contributed by atoms with E-state index in [1.165, 1.54) is 13.2 Å². The molecule has 0 unspecified atom stereocenters. The topological polar surface area (TPSA) is 21.6 Å². The van der Waals surface area contributed by atoms with Crippen LogP contribution in [0.1, 0.15) is 5.56 Å². The van der Waals surface area contributed by atoms with E-state index in [0.717, 1.165) is 12.3 Å². The van der Waals surface area contributed by atoms with Crippen molar-refractivity contribution < 1.29 is 13.6 Å². The van der Waals surface area contributed by atoms with Gasteiger partial charge in [0.05, 0.1) is 6.21 Å². The first-order valence-electron chi connectivity index (χ1n) is 3.17. The van der Waals surface area contributed by atoms with Gasteiger partial charge in [-0.15, -0.1) is 0 Å². The Morgan fingerprint density at radius 1 is 1.50 bits per heavy atom. The molecule has 0 bridgehead atoms. The van der Waals surface area contributed by atoms with Gasteiger partial charge >= 0.3 is 0 Å². The second-order valence-electron chi connectivity index (χ2n) is 1.99. The summed E-state index contributed by atoms with van der Waals surface area (Å²) in [6.45, 7) is 0. The van der Waals surface area contributed by atoms with Gasteiger partial charge in [0.1, 0.15) is 7.11 Å². The number of benzene rings is 1. The lowest BCUT2D eigenvalue weighted by Gasteiger charge is -1.95.